The van der Waals surface area contributed by atoms with Crippen LogP contribution < -0.4 is 0 Å². The molecule has 0 unspecified atom stereocenters. The summed E-state index contributed by atoms with van der Waals surface area (Å²) >= 11 is 0. The summed E-state index contributed by atoms with van der Waals surface area (Å²) in [6, 6.07) is 0. The second-order valence-electron chi connectivity index (χ2n) is 2.23. The molecule has 0 saturated carbocycles. The van der Waals surface area contributed by atoms with Crippen LogP contribution in [0.5, 0.6) is 0 Å². The van der Waals surface area contributed by atoms with Crippen molar-refractivity contribution in [1.82, 2.24) is 0 Å². The summed E-state index contributed by atoms with van der Waals surface area (Å²) in [5, 5.41) is 0. The van der Waals surface area contributed by atoms with Gasteiger partial charge in [-0.05, 0) is 19.9 Å². The lowest BCUT2D eigenvalue weighted by atomic mass is 10.3. The summed E-state index contributed by atoms with van der Waals surface area (Å²) in [5.41, 5.74) is 0.982. The number of hydrogen-bond acceptors (Lipinski definition) is 1. The van der Waals surface area contributed by atoms with E-state index in [-0.39, 0.29) is 0 Å². The highest BCUT2D eigenvalue weighted by Crippen LogP contribution is 1.99. The Bertz CT molecular complexity index is 197. The maximum atomic E-state index is 5.04. The molecule has 15 heavy (non-hydrogen) atoms. The van der Waals surface area contributed by atoms with Crippen LogP contribution in [0.2, 0.25) is 0 Å². The predicted octanol–water partition coefficient (Wildman–Crippen LogP) is 5.24. The van der Waals surface area contributed by atoms with E-state index in [1.54, 1.807) is 18.4 Å². The van der Waals surface area contributed by atoms with Crippen LogP contribution in [0.25, 0.3) is 0 Å². The van der Waals surface area contributed by atoms with E-state index < -0.39 is 0 Å². The minimum absolute atomic E-state index is 0.617. The molecule has 1 nitrogen and oxygen atoms in total. The van der Waals surface area contributed by atoms with Crippen molar-refractivity contribution in [2.75, 3.05) is 0 Å². The molecular formula is C14H26O. The lowest BCUT2D eigenvalue weighted by molar-refractivity contribution is 0.370. The van der Waals surface area contributed by atoms with E-state index in [1.807, 2.05) is 47.6 Å². The van der Waals surface area contributed by atoms with Gasteiger partial charge in [0.1, 0.15) is 5.76 Å². The average molecular weight is 210 g/mol. The van der Waals surface area contributed by atoms with E-state index in [1.165, 1.54) is 0 Å². The van der Waals surface area contributed by atoms with Crippen LogP contribution in [0.15, 0.2) is 49.0 Å². The zero-order valence-corrected chi connectivity index (χ0v) is 11.1. The van der Waals surface area contributed by atoms with Crippen LogP contribution >= 0.6 is 0 Å². The summed E-state index contributed by atoms with van der Waals surface area (Å²) < 4.78 is 5.04. The molecular weight excluding hydrogens is 184 g/mol. The van der Waals surface area contributed by atoms with Gasteiger partial charge in [-0.1, -0.05) is 58.6 Å². The molecule has 0 saturated heterocycles. The molecule has 88 valence electrons. The molecule has 0 heterocycles. The quantitative estimate of drug-likeness (QED) is 0.455. The van der Waals surface area contributed by atoms with Crippen molar-refractivity contribution in [1.29, 1.82) is 0 Å². The fourth-order valence-electron chi connectivity index (χ4n) is 0.430. The normalized spacial score (nSPS) is 8.67. The van der Waals surface area contributed by atoms with E-state index in [0.29, 0.717) is 5.76 Å². The molecule has 0 atom stereocenters. The molecule has 0 aliphatic heterocycles. The lowest BCUT2D eigenvalue weighted by Gasteiger charge is -1.96. The van der Waals surface area contributed by atoms with Crippen LogP contribution in [-0.2, 0) is 4.74 Å². The summed E-state index contributed by atoms with van der Waals surface area (Å²) in [6.07, 6.45) is 7.03. The maximum Gasteiger partial charge on any atom is 0.119 e. The van der Waals surface area contributed by atoms with Gasteiger partial charge in [-0.25, -0.2) is 0 Å². The molecule has 0 aromatic heterocycles. The largest absolute Gasteiger partial charge is 0.466 e. The lowest BCUT2D eigenvalue weighted by Crippen LogP contribution is -1.76. The summed E-state index contributed by atoms with van der Waals surface area (Å²) in [4.78, 5) is 0. The fraction of sp³-hybridized carbons (Fsp3) is 0.429. The molecule has 0 N–H and O–H groups in total. The van der Waals surface area contributed by atoms with Crippen LogP contribution in [0.1, 0.15) is 41.5 Å². The van der Waals surface area contributed by atoms with Crippen molar-refractivity contribution in [2.45, 2.75) is 41.5 Å². The monoisotopic (exact) mass is 210 g/mol. The number of ether oxygens (including phenoxy) is 1. The Labute approximate surface area is 95.9 Å². The zero-order valence-electron chi connectivity index (χ0n) is 11.1. The minimum Gasteiger partial charge on any atom is -0.466 e. The van der Waals surface area contributed by atoms with Gasteiger partial charge in [0, 0.05) is 0 Å². The number of hydrogen-bond donors (Lipinski definition) is 0. The van der Waals surface area contributed by atoms with Gasteiger partial charge in [-0.2, -0.15) is 0 Å². The second-order valence-corrected chi connectivity index (χ2v) is 2.23. The molecule has 0 rings (SSSR count). The molecule has 0 aromatic rings. The van der Waals surface area contributed by atoms with Crippen LogP contribution in [0.4, 0.5) is 0 Å². The van der Waals surface area contributed by atoms with Crippen LogP contribution in [-0.4, -0.2) is 0 Å². The van der Waals surface area contributed by atoms with Gasteiger partial charge in [0.25, 0.3) is 0 Å². The molecule has 0 spiro atoms. The first kappa shape index (κ1) is 19.4. The molecule has 0 fully saturated rings. The Kier molecular flexibility index (Phi) is 23.9. The molecule has 0 amide bonds. The Morgan fingerprint density at radius 2 is 1.47 bits per heavy atom. The van der Waals surface area contributed by atoms with Gasteiger partial charge in [0.05, 0.1) is 6.26 Å². The third-order valence-electron chi connectivity index (χ3n) is 0.909. The first-order valence-corrected chi connectivity index (χ1v) is 5.47. The van der Waals surface area contributed by atoms with Gasteiger partial charge in [-0.3, -0.25) is 0 Å². The smallest absolute Gasteiger partial charge is 0.119 e. The summed E-state index contributed by atoms with van der Waals surface area (Å²) in [5.74, 6) is 0.617. The predicted molar refractivity (Wildman–Crippen MR) is 71.7 cm³/mol. The van der Waals surface area contributed by atoms with Crippen molar-refractivity contribution in [3.05, 3.63) is 49.0 Å². The molecule has 0 bridgehead atoms. The first-order chi connectivity index (χ1) is 7.16. The topological polar surface area (TPSA) is 9.23 Å². The zero-order chi connectivity index (χ0) is 12.7. The van der Waals surface area contributed by atoms with E-state index >= 15 is 0 Å². The van der Waals surface area contributed by atoms with Crippen molar-refractivity contribution >= 4 is 0 Å². The Hall–Kier alpha value is -1.24. The van der Waals surface area contributed by atoms with Gasteiger partial charge in [0.15, 0.2) is 0 Å². The standard InChI is InChI=1S/C10H14O.2C2H6/c1-5-8-11-10(4)7-6-9(2)3;2*1-2/h5-8H,2,4H2,1,3H3;2*1-2H3/b7-6-,8-5+;;. The summed E-state index contributed by atoms with van der Waals surface area (Å²) in [7, 11) is 0. The minimum atomic E-state index is 0.617. The van der Waals surface area contributed by atoms with Gasteiger partial charge in [0.2, 0.25) is 0 Å². The van der Waals surface area contributed by atoms with E-state index in [4.69, 9.17) is 4.74 Å². The van der Waals surface area contributed by atoms with Crippen LogP contribution in [0, 0.1) is 0 Å². The number of allylic oxidation sites excluding steroid dienone is 4. The van der Waals surface area contributed by atoms with Gasteiger partial charge >= 0.3 is 0 Å². The van der Waals surface area contributed by atoms with Crippen LogP contribution in [0.3, 0.4) is 0 Å². The average Bonchev–Trinajstić information content (AvgIpc) is 2.29. The van der Waals surface area contributed by atoms with E-state index in [0.717, 1.165) is 5.57 Å². The highest BCUT2D eigenvalue weighted by molar-refractivity contribution is 5.19. The Morgan fingerprint density at radius 1 is 1.00 bits per heavy atom. The highest BCUT2D eigenvalue weighted by atomic mass is 16.5. The van der Waals surface area contributed by atoms with Crippen molar-refractivity contribution in [2.24, 2.45) is 0 Å². The SMILES string of the molecule is C=C(C)/C=C\C(=C)O/C=C/C.CC.CC. The number of rotatable bonds is 4. The third-order valence-corrected chi connectivity index (χ3v) is 0.909. The highest BCUT2D eigenvalue weighted by Gasteiger charge is 1.82. The first-order valence-electron chi connectivity index (χ1n) is 5.47. The maximum absolute atomic E-state index is 5.04. The van der Waals surface area contributed by atoms with Crippen molar-refractivity contribution in [3.8, 4) is 0 Å². The van der Waals surface area contributed by atoms with Crippen molar-refractivity contribution < 1.29 is 4.74 Å². The van der Waals surface area contributed by atoms with E-state index in [9.17, 15) is 0 Å². The Morgan fingerprint density at radius 3 is 1.80 bits per heavy atom. The third kappa shape index (κ3) is 24.5. The second kappa shape index (κ2) is 18.5. The Balaban J connectivity index is -0.000000318. The molecule has 0 radical (unpaired) electrons. The van der Waals surface area contributed by atoms with Gasteiger partial charge < -0.3 is 4.74 Å². The molecule has 0 aromatic carbocycles. The molecule has 0 aliphatic carbocycles. The molecule has 1 heteroatoms. The fourth-order valence-corrected chi connectivity index (χ4v) is 0.430. The van der Waals surface area contributed by atoms with E-state index in [2.05, 4.69) is 13.2 Å². The van der Waals surface area contributed by atoms with Gasteiger partial charge in [-0.15, -0.1) is 0 Å². The molecule has 0 aliphatic rings. The van der Waals surface area contributed by atoms with Crippen molar-refractivity contribution in [3.63, 3.8) is 0 Å². The summed E-state index contributed by atoms with van der Waals surface area (Å²) in [6.45, 7) is 19.2.